The third-order valence-electron chi connectivity index (χ3n) is 2.53. The molecule has 3 N–H and O–H groups in total. The Bertz CT molecular complexity index is 462. The maximum Gasteiger partial charge on any atom is 0.270 e. The third-order valence-corrected chi connectivity index (χ3v) is 3.26. The summed E-state index contributed by atoms with van der Waals surface area (Å²) in [6.07, 6.45) is 4.53. The van der Waals surface area contributed by atoms with E-state index in [4.69, 9.17) is 5.73 Å². The van der Waals surface area contributed by atoms with Crippen molar-refractivity contribution in [1.29, 1.82) is 0 Å². The monoisotopic (exact) mass is 277 g/mol. The van der Waals surface area contributed by atoms with Gasteiger partial charge in [-0.3, -0.25) is 4.79 Å². The van der Waals surface area contributed by atoms with Crippen molar-refractivity contribution in [2.24, 2.45) is 5.73 Å². The van der Waals surface area contributed by atoms with E-state index in [1.807, 2.05) is 6.26 Å². The second-order valence-corrected chi connectivity index (χ2v) is 4.88. The molecule has 0 saturated carbocycles. The van der Waals surface area contributed by atoms with Crippen LogP contribution in [0.1, 0.15) is 29.4 Å². The zero-order valence-electron chi connectivity index (χ0n) is 11.3. The van der Waals surface area contributed by atoms with Crippen molar-refractivity contribution in [3.05, 3.63) is 29.6 Å². The summed E-state index contributed by atoms with van der Waals surface area (Å²) < 4.78 is 0. The van der Waals surface area contributed by atoms with Gasteiger partial charge in [0.15, 0.2) is 0 Å². The first-order chi connectivity index (χ1) is 9.21. The topological polar surface area (TPSA) is 68.0 Å². The smallest absolute Gasteiger partial charge is 0.270 e. The summed E-state index contributed by atoms with van der Waals surface area (Å²) in [6.45, 7) is 2.37. The molecule has 1 aromatic heterocycles. The number of hydrogen-bond acceptors (Lipinski definition) is 4. The number of hydrogen-bond donors (Lipinski definition) is 2. The SMILES string of the molecule is CCC(CSC)NC(=O)c1ccc(C#CCN)cn1. The number of rotatable bonds is 5. The molecule has 4 nitrogen and oxygen atoms in total. The molecule has 0 aromatic carbocycles. The highest BCUT2D eigenvalue weighted by molar-refractivity contribution is 7.98. The maximum absolute atomic E-state index is 12.0. The van der Waals surface area contributed by atoms with Gasteiger partial charge >= 0.3 is 0 Å². The fourth-order valence-electron chi connectivity index (χ4n) is 1.48. The fourth-order valence-corrected chi connectivity index (χ4v) is 2.20. The molecule has 0 bridgehead atoms. The average Bonchev–Trinajstić information content (AvgIpc) is 2.45. The van der Waals surface area contributed by atoms with Gasteiger partial charge < -0.3 is 11.1 Å². The standard InChI is InChI=1S/C14H19N3OS/c1-3-12(10-19-2)17-14(18)13-7-6-11(9-16-13)5-4-8-15/h6-7,9,12H,3,8,10,15H2,1-2H3,(H,17,18). The number of carbonyl (C=O) groups is 1. The van der Waals surface area contributed by atoms with E-state index in [1.165, 1.54) is 0 Å². The van der Waals surface area contributed by atoms with Gasteiger partial charge in [0, 0.05) is 23.6 Å². The van der Waals surface area contributed by atoms with Gasteiger partial charge in [0.25, 0.3) is 5.91 Å². The molecule has 0 radical (unpaired) electrons. The zero-order valence-corrected chi connectivity index (χ0v) is 12.1. The van der Waals surface area contributed by atoms with E-state index in [0.29, 0.717) is 12.2 Å². The van der Waals surface area contributed by atoms with Crippen LogP contribution in [-0.4, -0.2) is 35.5 Å². The number of aromatic nitrogens is 1. The Morgan fingerprint density at radius 3 is 2.89 bits per heavy atom. The lowest BCUT2D eigenvalue weighted by Gasteiger charge is -2.15. The van der Waals surface area contributed by atoms with Gasteiger partial charge in [0.2, 0.25) is 0 Å². The van der Waals surface area contributed by atoms with Crippen LogP contribution in [0.4, 0.5) is 0 Å². The average molecular weight is 277 g/mol. The van der Waals surface area contributed by atoms with Gasteiger partial charge in [-0.25, -0.2) is 4.98 Å². The van der Waals surface area contributed by atoms with Crippen LogP contribution in [0, 0.1) is 11.8 Å². The predicted molar refractivity (Wildman–Crippen MR) is 80.1 cm³/mol. The molecule has 102 valence electrons. The zero-order chi connectivity index (χ0) is 14.1. The maximum atomic E-state index is 12.0. The molecule has 1 rings (SSSR count). The fraction of sp³-hybridized carbons (Fsp3) is 0.429. The summed E-state index contributed by atoms with van der Waals surface area (Å²) >= 11 is 1.72. The Labute approximate surface area is 118 Å². The van der Waals surface area contributed by atoms with Crippen LogP contribution in [-0.2, 0) is 0 Å². The second-order valence-electron chi connectivity index (χ2n) is 3.97. The van der Waals surface area contributed by atoms with Crippen LogP contribution in [0.15, 0.2) is 18.3 Å². The van der Waals surface area contributed by atoms with Crippen LogP contribution in [0.3, 0.4) is 0 Å². The molecular weight excluding hydrogens is 258 g/mol. The van der Waals surface area contributed by atoms with Crippen LogP contribution in [0.25, 0.3) is 0 Å². The van der Waals surface area contributed by atoms with Gasteiger partial charge in [0.1, 0.15) is 5.69 Å². The molecule has 0 aliphatic carbocycles. The molecule has 5 heteroatoms. The third kappa shape index (κ3) is 5.33. The normalized spacial score (nSPS) is 11.3. The van der Waals surface area contributed by atoms with Crippen molar-refractivity contribution >= 4 is 17.7 Å². The van der Waals surface area contributed by atoms with Crippen LogP contribution < -0.4 is 11.1 Å². The summed E-state index contributed by atoms with van der Waals surface area (Å²) in [4.78, 5) is 16.1. The molecule has 0 fully saturated rings. The quantitative estimate of drug-likeness (QED) is 0.795. The lowest BCUT2D eigenvalue weighted by molar-refractivity contribution is 0.0935. The van der Waals surface area contributed by atoms with E-state index in [2.05, 4.69) is 29.1 Å². The van der Waals surface area contributed by atoms with Crippen molar-refractivity contribution in [3.63, 3.8) is 0 Å². The number of carbonyl (C=O) groups excluding carboxylic acids is 1. The lowest BCUT2D eigenvalue weighted by Crippen LogP contribution is -2.36. The van der Waals surface area contributed by atoms with Gasteiger partial charge in [-0.15, -0.1) is 0 Å². The molecule has 1 heterocycles. The minimum Gasteiger partial charge on any atom is -0.347 e. The minimum absolute atomic E-state index is 0.140. The first kappa shape index (κ1) is 15.5. The van der Waals surface area contributed by atoms with Crippen molar-refractivity contribution in [2.45, 2.75) is 19.4 Å². The summed E-state index contributed by atoms with van der Waals surface area (Å²) in [5.41, 5.74) is 6.47. The van der Waals surface area contributed by atoms with Crippen molar-refractivity contribution < 1.29 is 4.79 Å². The summed E-state index contributed by atoms with van der Waals surface area (Å²) in [6, 6.07) is 3.64. The summed E-state index contributed by atoms with van der Waals surface area (Å²) in [5.74, 6) is 6.38. The highest BCUT2D eigenvalue weighted by atomic mass is 32.2. The molecule has 1 aromatic rings. The van der Waals surface area contributed by atoms with Crippen LogP contribution in [0.5, 0.6) is 0 Å². The van der Waals surface area contributed by atoms with Gasteiger partial charge in [-0.1, -0.05) is 18.8 Å². The highest BCUT2D eigenvalue weighted by Crippen LogP contribution is 2.04. The van der Waals surface area contributed by atoms with Crippen molar-refractivity contribution in [3.8, 4) is 11.8 Å². The first-order valence-electron chi connectivity index (χ1n) is 6.16. The highest BCUT2D eigenvalue weighted by Gasteiger charge is 2.12. The molecule has 0 spiro atoms. The van der Waals surface area contributed by atoms with Crippen LogP contribution >= 0.6 is 11.8 Å². The number of thioether (sulfide) groups is 1. The molecular formula is C14H19N3OS. The van der Waals surface area contributed by atoms with Crippen molar-refractivity contribution in [1.82, 2.24) is 10.3 Å². The van der Waals surface area contributed by atoms with E-state index >= 15 is 0 Å². The number of nitrogens with one attached hydrogen (secondary N) is 1. The number of nitrogens with two attached hydrogens (primary N) is 1. The second kappa shape index (κ2) is 8.57. The van der Waals surface area contributed by atoms with E-state index in [0.717, 1.165) is 17.7 Å². The minimum atomic E-state index is -0.140. The summed E-state index contributed by atoms with van der Waals surface area (Å²) in [7, 11) is 0. The Morgan fingerprint density at radius 2 is 2.37 bits per heavy atom. The lowest BCUT2D eigenvalue weighted by atomic mass is 10.2. The Balaban J connectivity index is 2.67. The molecule has 1 amide bonds. The van der Waals surface area contributed by atoms with Crippen LogP contribution in [0.2, 0.25) is 0 Å². The number of pyridine rings is 1. The molecule has 1 unspecified atom stereocenters. The number of amides is 1. The van der Waals surface area contributed by atoms with Crippen molar-refractivity contribution in [2.75, 3.05) is 18.6 Å². The van der Waals surface area contributed by atoms with E-state index in [1.54, 1.807) is 30.1 Å². The summed E-state index contributed by atoms with van der Waals surface area (Å²) in [5, 5.41) is 2.97. The van der Waals surface area contributed by atoms with E-state index < -0.39 is 0 Å². The molecule has 1 atom stereocenters. The Kier molecular flexibility index (Phi) is 7.01. The van der Waals surface area contributed by atoms with E-state index in [9.17, 15) is 4.79 Å². The number of nitrogens with zero attached hydrogens (tertiary/aromatic N) is 1. The Hall–Kier alpha value is -1.51. The van der Waals surface area contributed by atoms with Gasteiger partial charge in [0.05, 0.1) is 6.54 Å². The van der Waals surface area contributed by atoms with Gasteiger partial charge in [-0.05, 0) is 24.8 Å². The Morgan fingerprint density at radius 1 is 1.58 bits per heavy atom. The van der Waals surface area contributed by atoms with E-state index in [-0.39, 0.29) is 11.9 Å². The molecule has 0 aliphatic heterocycles. The molecule has 19 heavy (non-hydrogen) atoms. The van der Waals surface area contributed by atoms with Gasteiger partial charge in [-0.2, -0.15) is 11.8 Å². The predicted octanol–water partition coefficient (Wildman–Crippen LogP) is 1.26. The first-order valence-corrected chi connectivity index (χ1v) is 7.55. The molecule has 0 saturated heterocycles. The largest absolute Gasteiger partial charge is 0.347 e. The molecule has 0 aliphatic rings.